The van der Waals surface area contributed by atoms with E-state index in [0.717, 1.165) is 96.8 Å². The van der Waals surface area contributed by atoms with Gasteiger partial charge in [0.2, 0.25) is 5.56 Å². The summed E-state index contributed by atoms with van der Waals surface area (Å²) in [6.07, 6.45) is 10.6. The summed E-state index contributed by atoms with van der Waals surface area (Å²) in [5, 5.41) is 36.5. The van der Waals surface area contributed by atoms with Crippen LogP contribution in [0.1, 0.15) is 87.9 Å². The summed E-state index contributed by atoms with van der Waals surface area (Å²) in [7, 11) is 0. The number of aliphatic hydroxyl groups is 2. The molecule has 9 nitrogen and oxygen atoms in total. The van der Waals surface area contributed by atoms with Crippen LogP contribution >= 0.6 is 0 Å². The number of piperidine rings is 1. The first kappa shape index (κ1) is 34.1. The second kappa shape index (κ2) is 16.5. The van der Waals surface area contributed by atoms with E-state index in [1.54, 1.807) is 12.1 Å². The van der Waals surface area contributed by atoms with E-state index in [1.807, 2.05) is 30.3 Å². The lowest BCUT2D eigenvalue weighted by molar-refractivity contribution is -0.177. The van der Waals surface area contributed by atoms with Gasteiger partial charge in [0.05, 0.1) is 18.2 Å². The highest BCUT2D eigenvalue weighted by Crippen LogP contribution is 2.40. The molecule has 2 heterocycles. The number of phenolic OH excluding ortho intramolecular Hbond substituents is 1. The van der Waals surface area contributed by atoms with E-state index < -0.39 is 17.7 Å². The molecule has 1 saturated carbocycles. The predicted octanol–water partition coefficient (Wildman–Crippen LogP) is 5.14. The number of rotatable bonds is 15. The van der Waals surface area contributed by atoms with E-state index in [4.69, 9.17) is 4.74 Å². The number of aromatic nitrogens is 1. The lowest BCUT2D eigenvalue weighted by Gasteiger charge is -2.37. The second-order valence-electron chi connectivity index (χ2n) is 13.3. The molecule has 1 saturated heterocycles. The molecule has 250 valence electrons. The van der Waals surface area contributed by atoms with Crippen molar-refractivity contribution in [2.45, 2.75) is 82.3 Å². The minimum Gasteiger partial charge on any atom is -0.506 e. The molecular formula is C37H51N3O6. The molecule has 0 amide bonds. The van der Waals surface area contributed by atoms with Crippen LogP contribution in [0.5, 0.6) is 5.75 Å². The average Bonchev–Trinajstić information content (AvgIpc) is 3.09. The highest BCUT2D eigenvalue weighted by atomic mass is 16.5. The minimum atomic E-state index is -1.57. The number of nitrogens with zero attached hydrogens (tertiary/aromatic N) is 1. The molecule has 5 rings (SSSR count). The number of phenols is 1. The van der Waals surface area contributed by atoms with E-state index in [-0.39, 0.29) is 17.2 Å². The van der Waals surface area contributed by atoms with Gasteiger partial charge in [0.1, 0.15) is 5.75 Å². The maximum absolute atomic E-state index is 13.4. The van der Waals surface area contributed by atoms with Crippen molar-refractivity contribution in [1.82, 2.24) is 15.2 Å². The van der Waals surface area contributed by atoms with Gasteiger partial charge < -0.3 is 35.3 Å². The topological polar surface area (TPSA) is 135 Å². The fourth-order valence-corrected chi connectivity index (χ4v) is 7.25. The average molecular weight is 634 g/mol. The van der Waals surface area contributed by atoms with Crippen molar-refractivity contribution in [2.24, 2.45) is 11.8 Å². The Morgan fingerprint density at radius 3 is 2.46 bits per heavy atom. The largest absolute Gasteiger partial charge is 0.506 e. The lowest BCUT2D eigenvalue weighted by atomic mass is 9.73. The van der Waals surface area contributed by atoms with Gasteiger partial charge in [0.25, 0.3) is 0 Å². The summed E-state index contributed by atoms with van der Waals surface area (Å²) >= 11 is 0. The highest BCUT2D eigenvalue weighted by molar-refractivity contribution is 5.87. The zero-order valence-corrected chi connectivity index (χ0v) is 27.0. The number of hydrogen-bond donors (Lipinski definition) is 5. The monoisotopic (exact) mass is 633 g/mol. The Morgan fingerprint density at radius 1 is 0.957 bits per heavy atom. The normalized spacial score (nSPS) is 18.7. The van der Waals surface area contributed by atoms with Gasteiger partial charge in [-0.05, 0) is 93.9 Å². The first-order chi connectivity index (χ1) is 22.4. The molecular weight excluding hydrogens is 582 g/mol. The maximum Gasteiger partial charge on any atom is 0.343 e. The number of hydrogen-bond acceptors (Lipinski definition) is 8. The summed E-state index contributed by atoms with van der Waals surface area (Å²) in [6.45, 7) is 4.67. The number of nitrogens with one attached hydrogen (secondary N) is 2. The summed E-state index contributed by atoms with van der Waals surface area (Å²) in [6, 6.07) is 15.6. The molecule has 2 unspecified atom stereocenters. The van der Waals surface area contributed by atoms with Crippen molar-refractivity contribution in [3.63, 3.8) is 0 Å². The van der Waals surface area contributed by atoms with Crippen molar-refractivity contribution in [3.05, 3.63) is 76.1 Å². The number of ether oxygens (including phenoxy) is 1. The number of likely N-dealkylation sites (tertiary alicyclic amines) is 1. The van der Waals surface area contributed by atoms with Gasteiger partial charge in [-0.15, -0.1) is 0 Å². The molecule has 1 aliphatic heterocycles. The van der Waals surface area contributed by atoms with Crippen LogP contribution in [0.25, 0.3) is 10.9 Å². The summed E-state index contributed by atoms with van der Waals surface area (Å²) < 4.78 is 5.85. The smallest absolute Gasteiger partial charge is 0.343 e. The van der Waals surface area contributed by atoms with Gasteiger partial charge in [0.15, 0.2) is 5.60 Å². The van der Waals surface area contributed by atoms with Gasteiger partial charge in [-0.2, -0.15) is 0 Å². The van der Waals surface area contributed by atoms with Gasteiger partial charge >= 0.3 is 5.97 Å². The van der Waals surface area contributed by atoms with Crippen molar-refractivity contribution in [1.29, 1.82) is 0 Å². The number of unbranched alkanes of at least 4 members (excludes halogenated alkanes) is 3. The van der Waals surface area contributed by atoms with E-state index in [2.05, 4.69) is 15.2 Å². The lowest BCUT2D eigenvalue weighted by Crippen LogP contribution is -2.46. The molecule has 46 heavy (non-hydrogen) atoms. The second-order valence-corrected chi connectivity index (χ2v) is 13.3. The standard InChI is InChI=1S/C37H51N3O6/c41-32-17-15-30(31-16-18-34(43)39-35(31)32)33(42)25-38-21-9-1-2-10-22-40-23-19-27(20-24-40)26-46-36(44)37(45,28-11-5-3-6-12-28)29-13-7-4-8-14-29/h3,5-6,11-12,15-18,27,29,33,38,41-42,45H,1-2,4,7-10,13-14,19-26H2,(H,39,43). The SMILES string of the molecule is O=C(OCC1CCN(CCCCCCNCC(O)c2ccc(O)c3[nH]c(=O)ccc23)CC1)C(O)(c1ccccc1)C1CCCCC1. The molecule has 1 aromatic heterocycles. The number of aromatic amines is 1. The van der Waals surface area contributed by atoms with E-state index in [0.29, 0.717) is 41.1 Å². The zero-order chi connectivity index (χ0) is 32.4. The van der Waals surface area contributed by atoms with E-state index >= 15 is 0 Å². The molecule has 0 radical (unpaired) electrons. The Labute approximate surface area is 272 Å². The zero-order valence-electron chi connectivity index (χ0n) is 27.0. The number of carbonyl (C=O) groups is 1. The number of esters is 1. The highest BCUT2D eigenvalue weighted by Gasteiger charge is 2.47. The molecule has 2 aliphatic rings. The van der Waals surface area contributed by atoms with Crippen LogP contribution in [0.4, 0.5) is 0 Å². The predicted molar refractivity (Wildman–Crippen MR) is 180 cm³/mol. The third kappa shape index (κ3) is 8.56. The van der Waals surface area contributed by atoms with Gasteiger partial charge in [-0.25, -0.2) is 4.79 Å². The third-order valence-electron chi connectivity index (χ3n) is 10.1. The summed E-state index contributed by atoms with van der Waals surface area (Å²) in [4.78, 5) is 30.2. The Hall–Kier alpha value is -3.24. The summed E-state index contributed by atoms with van der Waals surface area (Å²) in [5.74, 6) is -0.261. The molecule has 3 aromatic rings. The molecule has 2 fully saturated rings. The van der Waals surface area contributed by atoms with Gasteiger partial charge in [0, 0.05) is 23.9 Å². The van der Waals surface area contributed by atoms with Crippen LogP contribution in [0.3, 0.4) is 0 Å². The van der Waals surface area contributed by atoms with Crippen LogP contribution in [-0.2, 0) is 15.1 Å². The first-order valence-corrected chi connectivity index (χ1v) is 17.3. The summed E-state index contributed by atoms with van der Waals surface area (Å²) in [5.41, 5.74) is -0.192. The third-order valence-corrected chi connectivity index (χ3v) is 10.1. The molecule has 2 atom stereocenters. The molecule has 0 bridgehead atoms. The number of H-pyrrole nitrogens is 1. The van der Waals surface area contributed by atoms with Crippen LogP contribution in [-0.4, -0.2) is 70.5 Å². The van der Waals surface area contributed by atoms with E-state index in [1.165, 1.54) is 12.1 Å². The Kier molecular flexibility index (Phi) is 12.3. The van der Waals surface area contributed by atoms with Crippen LogP contribution < -0.4 is 10.9 Å². The van der Waals surface area contributed by atoms with Crippen LogP contribution in [0, 0.1) is 11.8 Å². The van der Waals surface area contributed by atoms with Gasteiger partial charge in [-0.3, -0.25) is 4.79 Å². The first-order valence-electron chi connectivity index (χ1n) is 17.3. The molecule has 5 N–H and O–H groups in total. The van der Waals surface area contributed by atoms with Crippen molar-refractivity contribution in [3.8, 4) is 5.75 Å². The van der Waals surface area contributed by atoms with E-state index in [9.17, 15) is 24.9 Å². The molecule has 0 spiro atoms. The minimum absolute atomic E-state index is 0.00991. The quantitative estimate of drug-likeness (QED) is 0.115. The number of benzene rings is 2. The van der Waals surface area contributed by atoms with Crippen molar-refractivity contribution >= 4 is 16.9 Å². The Balaban J connectivity index is 0.947. The van der Waals surface area contributed by atoms with Crippen LogP contribution in [0.2, 0.25) is 0 Å². The number of fused-ring (bicyclic) bond motifs is 1. The van der Waals surface area contributed by atoms with Crippen molar-refractivity contribution in [2.75, 3.05) is 39.3 Å². The molecule has 2 aromatic carbocycles. The number of aliphatic hydroxyl groups excluding tert-OH is 1. The van der Waals surface area contributed by atoms with Gasteiger partial charge in [-0.1, -0.05) is 68.5 Å². The molecule has 1 aliphatic carbocycles. The Bertz CT molecular complexity index is 1450. The molecule has 9 heteroatoms. The fourth-order valence-electron chi connectivity index (χ4n) is 7.25. The Morgan fingerprint density at radius 2 is 1.70 bits per heavy atom. The number of carbonyl (C=O) groups excluding carboxylic acids is 1. The fraction of sp³-hybridized carbons (Fsp3) is 0.568. The van der Waals surface area contributed by atoms with Crippen molar-refractivity contribution < 1.29 is 24.9 Å². The maximum atomic E-state index is 13.4. The van der Waals surface area contributed by atoms with Crippen LogP contribution in [0.15, 0.2) is 59.4 Å². The number of aromatic hydroxyl groups is 1. The number of pyridine rings is 1.